The Morgan fingerprint density at radius 3 is 2.26 bits per heavy atom. The predicted molar refractivity (Wildman–Crippen MR) is 104 cm³/mol. The van der Waals surface area contributed by atoms with Crippen LogP contribution in [0.25, 0.3) is 0 Å². The highest BCUT2D eigenvalue weighted by atomic mass is 28.4. The minimum absolute atomic E-state index is 0.454. The van der Waals surface area contributed by atoms with Gasteiger partial charge in [-0.15, -0.1) is 0 Å². The summed E-state index contributed by atoms with van der Waals surface area (Å²) in [4.78, 5) is 2.56. The third-order valence-electron chi connectivity index (χ3n) is 4.82. The van der Waals surface area contributed by atoms with E-state index in [1.807, 2.05) is 0 Å². The molecule has 2 rings (SSSR count). The molecule has 1 unspecified atom stereocenters. The minimum atomic E-state index is -1.47. The summed E-state index contributed by atoms with van der Waals surface area (Å²) in [5.41, 5.74) is 3.07. The predicted octanol–water partition coefficient (Wildman–Crippen LogP) is 4.27. The molecule has 0 aromatic rings. The van der Waals surface area contributed by atoms with Crippen molar-refractivity contribution < 1.29 is 9.16 Å². The first-order valence-electron chi connectivity index (χ1n) is 8.95. The van der Waals surface area contributed by atoms with E-state index in [9.17, 15) is 0 Å². The molecule has 0 bridgehead atoms. The van der Waals surface area contributed by atoms with Crippen LogP contribution in [0.5, 0.6) is 0 Å². The maximum absolute atomic E-state index is 6.27. The van der Waals surface area contributed by atoms with Gasteiger partial charge in [-0.3, -0.25) is 0 Å². The highest BCUT2D eigenvalue weighted by Gasteiger charge is 2.31. The minimum Gasteiger partial charge on any atom is -0.417 e. The van der Waals surface area contributed by atoms with Crippen LogP contribution >= 0.6 is 0 Å². The normalized spacial score (nSPS) is 24.0. The molecular weight excluding hydrogens is 318 g/mol. The fourth-order valence-corrected chi connectivity index (χ4v) is 5.26. The second-order valence-electron chi connectivity index (χ2n) is 8.88. The van der Waals surface area contributed by atoms with Crippen molar-refractivity contribution in [2.75, 3.05) is 32.9 Å². The first-order chi connectivity index (χ1) is 10.6. The number of ether oxygens (including phenoxy) is 1. The first-order valence-corrected chi connectivity index (χ1v) is 15.9. The number of rotatable bonds is 5. The van der Waals surface area contributed by atoms with Gasteiger partial charge < -0.3 is 14.1 Å². The fraction of sp³-hybridized carbons (Fsp3) is 0.778. The van der Waals surface area contributed by atoms with Crippen LogP contribution in [0.4, 0.5) is 0 Å². The third kappa shape index (κ3) is 5.31. The molecule has 0 aromatic heterocycles. The number of hydrogen-bond donors (Lipinski definition) is 0. The molecule has 1 aliphatic heterocycles. The Balaban J connectivity index is 2.24. The molecule has 2 aliphatic rings. The maximum atomic E-state index is 6.27. The van der Waals surface area contributed by atoms with E-state index in [0.717, 1.165) is 39.3 Å². The van der Waals surface area contributed by atoms with Crippen molar-refractivity contribution >= 4 is 16.4 Å². The molecule has 0 radical (unpaired) electrons. The lowest BCUT2D eigenvalue weighted by molar-refractivity contribution is 0.0515. The van der Waals surface area contributed by atoms with Gasteiger partial charge in [0.1, 0.15) is 0 Å². The van der Waals surface area contributed by atoms with E-state index >= 15 is 0 Å². The van der Waals surface area contributed by atoms with Crippen LogP contribution in [0, 0.1) is 5.92 Å². The number of morpholine rings is 1. The molecule has 1 aliphatic carbocycles. The van der Waals surface area contributed by atoms with Gasteiger partial charge in [0.25, 0.3) is 0 Å². The van der Waals surface area contributed by atoms with E-state index in [0.29, 0.717) is 5.92 Å². The smallest absolute Gasteiger partial charge is 0.183 e. The fourth-order valence-electron chi connectivity index (χ4n) is 3.18. The van der Waals surface area contributed by atoms with Crippen molar-refractivity contribution in [2.45, 2.75) is 52.6 Å². The highest BCUT2D eigenvalue weighted by molar-refractivity contribution is 6.83. The zero-order valence-electron chi connectivity index (χ0n) is 16.2. The van der Waals surface area contributed by atoms with Crippen molar-refractivity contribution in [1.29, 1.82) is 0 Å². The molecule has 1 atom stereocenters. The Hall–Kier alpha value is -0.366. The molecule has 1 heterocycles. The van der Waals surface area contributed by atoms with Crippen LogP contribution in [0.1, 0.15) is 13.3 Å². The van der Waals surface area contributed by atoms with Gasteiger partial charge in [0.2, 0.25) is 0 Å². The molecule has 0 spiro atoms. The Morgan fingerprint density at radius 1 is 1.13 bits per heavy atom. The van der Waals surface area contributed by atoms with E-state index in [-0.39, 0.29) is 0 Å². The second kappa shape index (κ2) is 7.25. The van der Waals surface area contributed by atoms with Gasteiger partial charge in [-0.25, -0.2) is 0 Å². The van der Waals surface area contributed by atoms with Crippen LogP contribution in [0.15, 0.2) is 22.5 Å². The van der Waals surface area contributed by atoms with E-state index in [1.165, 1.54) is 5.57 Å². The quantitative estimate of drug-likeness (QED) is 0.689. The summed E-state index contributed by atoms with van der Waals surface area (Å²) in [5, 5.41) is 1.69. The molecule has 1 fully saturated rings. The SMILES string of the molecule is CC1=C(N2CCOCC2)CC([Si](C)(C)C)=CC1CO[Si](C)(C)C. The second-order valence-corrected chi connectivity index (χ2v) is 18.5. The van der Waals surface area contributed by atoms with E-state index in [1.54, 1.807) is 10.9 Å². The van der Waals surface area contributed by atoms with Crippen molar-refractivity contribution in [3.05, 3.63) is 22.5 Å². The van der Waals surface area contributed by atoms with Crippen molar-refractivity contribution in [1.82, 2.24) is 4.90 Å². The Morgan fingerprint density at radius 2 is 1.74 bits per heavy atom. The molecule has 1 saturated heterocycles. The summed E-state index contributed by atoms with van der Waals surface area (Å²) in [6.07, 6.45) is 3.69. The average molecular weight is 354 g/mol. The third-order valence-corrected chi connectivity index (χ3v) is 8.13. The summed E-state index contributed by atoms with van der Waals surface area (Å²) in [5.74, 6) is 0.454. The van der Waals surface area contributed by atoms with E-state index in [4.69, 9.17) is 9.16 Å². The van der Waals surface area contributed by atoms with E-state index in [2.05, 4.69) is 57.2 Å². The summed E-state index contributed by atoms with van der Waals surface area (Å²) in [6.45, 7) is 21.2. The molecule has 0 aromatic carbocycles. The van der Waals surface area contributed by atoms with Gasteiger partial charge in [-0.2, -0.15) is 0 Å². The van der Waals surface area contributed by atoms with Crippen molar-refractivity contribution in [3.8, 4) is 0 Å². The zero-order chi connectivity index (χ0) is 17.3. The van der Waals surface area contributed by atoms with Crippen LogP contribution in [-0.2, 0) is 9.16 Å². The number of allylic oxidation sites excluding steroid dienone is 1. The lowest BCUT2D eigenvalue weighted by atomic mass is 9.92. The van der Waals surface area contributed by atoms with Crippen LogP contribution in [-0.4, -0.2) is 54.2 Å². The molecule has 0 saturated carbocycles. The Bertz CT molecular complexity index is 480. The summed E-state index contributed by atoms with van der Waals surface area (Å²) < 4.78 is 11.8. The van der Waals surface area contributed by atoms with Gasteiger partial charge in [-0.1, -0.05) is 30.9 Å². The van der Waals surface area contributed by atoms with Gasteiger partial charge in [-0.05, 0) is 32.1 Å². The van der Waals surface area contributed by atoms with Gasteiger partial charge in [0, 0.05) is 37.7 Å². The average Bonchev–Trinajstić information content (AvgIpc) is 2.45. The monoisotopic (exact) mass is 353 g/mol. The van der Waals surface area contributed by atoms with Gasteiger partial charge in [0.15, 0.2) is 8.32 Å². The van der Waals surface area contributed by atoms with Gasteiger partial charge in [0.05, 0.1) is 21.3 Å². The van der Waals surface area contributed by atoms with Crippen LogP contribution in [0.3, 0.4) is 0 Å². The van der Waals surface area contributed by atoms with Gasteiger partial charge >= 0.3 is 0 Å². The topological polar surface area (TPSA) is 21.7 Å². The molecule has 5 heteroatoms. The summed E-state index contributed by atoms with van der Waals surface area (Å²) in [7, 11) is -2.76. The molecule has 3 nitrogen and oxygen atoms in total. The zero-order valence-corrected chi connectivity index (χ0v) is 18.2. The summed E-state index contributed by atoms with van der Waals surface area (Å²) in [6, 6.07) is 0. The maximum Gasteiger partial charge on any atom is 0.183 e. The molecule has 132 valence electrons. The van der Waals surface area contributed by atoms with Crippen molar-refractivity contribution in [3.63, 3.8) is 0 Å². The molecule has 0 N–H and O–H groups in total. The summed E-state index contributed by atoms with van der Waals surface area (Å²) >= 11 is 0. The molecular formula is C18H35NO2Si2. The first kappa shape index (κ1) is 19.0. The lowest BCUT2D eigenvalue weighted by Gasteiger charge is -2.39. The Kier molecular flexibility index (Phi) is 5.98. The number of hydrogen-bond acceptors (Lipinski definition) is 3. The Labute approximate surface area is 144 Å². The van der Waals surface area contributed by atoms with E-state index < -0.39 is 16.4 Å². The molecule has 23 heavy (non-hydrogen) atoms. The lowest BCUT2D eigenvalue weighted by Crippen LogP contribution is -2.40. The van der Waals surface area contributed by atoms with Crippen LogP contribution < -0.4 is 0 Å². The standard InChI is InChI=1S/C18H35NO2Si2/c1-15-16(14-21-23(5,6)7)12-17(22(2,3)4)13-18(15)19-8-10-20-11-9-19/h12,16H,8-11,13-14H2,1-7H3. The van der Waals surface area contributed by atoms with Crippen LogP contribution in [0.2, 0.25) is 39.3 Å². The van der Waals surface area contributed by atoms with Crippen molar-refractivity contribution in [2.24, 2.45) is 5.92 Å². The highest BCUT2D eigenvalue weighted by Crippen LogP contribution is 2.36. The largest absolute Gasteiger partial charge is 0.417 e. The number of nitrogens with zero attached hydrogens (tertiary/aromatic N) is 1. The molecule has 0 amide bonds.